The highest BCUT2D eigenvalue weighted by Gasteiger charge is 2.13. The monoisotopic (exact) mass is 367 g/mol. The molecule has 2 aromatic rings. The first-order valence-corrected chi connectivity index (χ1v) is 8.48. The summed E-state index contributed by atoms with van der Waals surface area (Å²) in [5.74, 6) is 0.0216. The molecule has 1 heterocycles. The summed E-state index contributed by atoms with van der Waals surface area (Å²) in [4.78, 5) is 16.3. The fourth-order valence-electron chi connectivity index (χ4n) is 1.88. The number of benzene rings is 1. The molecule has 0 saturated carbocycles. The molecule has 0 aliphatic carbocycles. The number of halogens is 1. The second-order valence-electron chi connectivity index (χ2n) is 4.76. The van der Waals surface area contributed by atoms with Crippen molar-refractivity contribution in [1.29, 1.82) is 0 Å². The minimum atomic E-state index is -0.0792. The van der Waals surface area contributed by atoms with Crippen molar-refractivity contribution in [3.8, 4) is 11.3 Å². The van der Waals surface area contributed by atoms with Crippen LogP contribution in [0.2, 0.25) is 0 Å². The molecule has 1 aromatic carbocycles. The Balaban J connectivity index is 2.02. The number of amides is 1. The van der Waals surface area contributed by atoms with Crippen molar-refractivity contribution in [2.45, 2.75) is 25.8 Å². The molecule has 4 nitrogen and oxygen atoms in total. The van der Waals surface area contributed by atoms with E-state index in [4.69, 9.17) is 5.73 Å². The number of aromatic nitrogens is 1. The third-order valence-corrected chi connectivity index (χ3v) is 4.57. The Kier molecular flexibility index (Phi) is 5.90. The largest absolute Gasteiger partial charge is 0.347 e. The second kappa shape index (κ2) is 7.68. The van der Waals surface area contributed by atoms with Gasteiger partial charge in [0.05, 0.1) is 11.7 Å². The molecule has 112 valence electrons. The molecule has 1 amide bonds. The maximum Gasteiger partial charge on any atom is 0.220 e. The summed E-state index contributed by atoms with van der Waals surface area (Å²) >= 11 is 4.98. The van der Waals surface area contributed by atoms with Crippen LogP contribution in [0.5, 0.6) is 0 Å². The molecule has 0 bridgehead atoms. The molecule has 0 aliphatic rings. The maximum absolute atomic E-state index is 11.7. The first-order valence-electron chi connectivity index (χ1n) is 6.81. The lowest BCUT2D eigenvalue weighted by Gasteiger charge is -2.10. The smallest absolute Gasteiger partial charge is 0.220 e. The summed E-state index contributed by atoms with van der Waals surface area (Å²) in [6, 6.07) is 7.95. The van der Waals surface area contributed by atoms with Gasteiger partial charge in [0.25, 0.3) is 0 Å². The van der Waals surface area contributed by atoms with Crippen LogP contribution >= 0.6 is 27.3 Å². The Morgan fingerprint density at radius 2 is 2.14 bits per heavy atom. The van der Waals surface area contributed by atoms with Crippen LogP contribution in [0.1, 0.15) is 30.8 Å². The minimum absolute atomic E-state index is 0.0216. The number of nitrogens with zero attached hydrogens (tertiary/aromatic N) is 1. The summed E-state index contributed by atoms with van der Waals surface area (Å²) in [6.45, 7) is 2.48. The van der Waals surface area contributed by atoms with Crippen LogP contribution in [-0.2, 0) is 4.79 Å². The molecule has 3 N–H and O–H groups in total. The van der Waals surface area contributed by atoms with Crippen molar-refractivity contribution in [2.75, 3.05) is 6.54 Å². The maximum atomic E-state index is 11.7. The number of carbonyl (C=O) groups excluding carboxylic acids is 1. The van der Waals surface area contributed by atoms with E-state index in [0.717, 1.165) is 20.7 Å². The number of carbonyl (C=O) groups is 1. The van der Waals surface area contributed by atoms with Crippen molar-refractivity contribution < 1.29 is 4.79 Å². The summed E-state index contributed by atoms with van der Waals surface area (Å²) in [7, 11) is 0. The van der Waals surface area contributed by atoms with Gasteiger partial charge >= 0.3 is 0 Å². The summed E-state index contributed by atoms with van der Waals surface area (Å²) in [5, 5.41) is 5.88. The molecule has 1 atom stereocenters. The number of nitrogens with one attached hydrogen (secondary N) is 1. The normalized spacial score (nSPS) is 12.1. The van der Waals surface area contributed by atoms with E-state index in [-0.39, 0.29) is 11.9 Å². The van der Waals surface area contributed by atoms with Crippen molar-refractivity contribution in [1.82, 2.24) is 10.3 Å². The number of hydrogen-bond acceptors (Lipinski definition) is 4. The zero-order valence-corrected chi connectivity index (χ0v) is 14.2. The lowest BCUT2D eigenvalue weighted by molar-refractivity contribution is -0.121. The summed E-state index contributed by atoms with van der Waals surface area (Å²) in [6.07, 6.45) is 1.17. The minimum Gasteiger partial charge on any atom is -0.347 e. The van der Waals surface area contributed by atoms with Gasteiger partial charge in [-0.15, -0.1) is 11.3 Å². The molecule has 0 fully saturated rings. The topological polar surface area (TPSA) is 68.0 Å². The van der Waals surface area contributed by atoms with Gasteiger partial charge in [0.2, 0.25) is 5.91 Å². The van der Waals surface area contributed by atoms with Gasteiger partial charge in [0, 0.05) is 21.8 Å². The molecule has 6 heteroatoms. The van der Waals surface area contributed by atoms with Gasteiger partial charge in [-0.3, -0.25) is 4.79 Å². The molecular weight excluding hydrogens is 350 g/mol. The molecule has 1 aromatic heterocycles. The van der Waals surface area contributed by atoms with E-state index in [1.54, 1.807) is 11.3 Å². The van der Waals surface area contributed by atoms with E-state index in [9.17, 15) is 4.79 Å². The van der Waals surface area contributed by atoms with E-state index in [0.29, 0.717) is 19.4 Å². The SMILES string of the molecule is CC(NC(=O)CCCN)c1nc(-c2ccc(Br)cc2)cs1. The first-order chi connectivity index (χ1) is 10.1. The molecule has 2 rings (SSSR count). The second-order valence-corrected chi connectivity index (χ2v) is 6.56. The average Bonchev–Trinajstić information content (AvgIpc) is 2.96. The molecular formula is C15H18BrN3OS. The van der Waals surface area contributed by atoms with Crippen molar-refractivity contribution in [3.05, 3.63) is 39.1 Å². The van der Waals surface area contributed by atoms with Crippen LogP contribution in [0, 0.1) is 0 Å². The van der Waals surface area contributed by atoms with Crippen LogP contribution in [0.15, 0.2) is 34.1 Å². The van der Waals surface area contributed by atoms with Crippen LogP contribution in [0.25, 0.3) is 11.3 Å². The molecule has 21 heavy (non-hydrogen) atoms. The van der Waals surface area contributed by atoms with Crippen LogP contribution in [-0.4, -0.2) is 17.4 Å². The number of thiazole rings is 1. The Hall–Kier alpha value is -1.24. The van der Waals surface area contributed by atoms with Gasteiger partial charge in [0.1, 0.15) is 5.01 Å². The van der Waals surface area contributed by atoms with Gasteiger partial charge in [-0.25, -0.2) is 4.98 Å². The standard InChI is InChI=1S/C15H18BrN3OS/c1-10(18-14(20)3-2-8-17)15-19-13(9-21-15)11-4-6-12(16)7-5-11/h4-7,9-10H,2-3,8,17H2,1H3,(H,18,20). The third kappa shape index (κ3) is 4.62. The molecule has 0 radical (unpaired) electrons. The summed E-state index contributed by atoms with van der Waals surface area (Å²) < 4.78 is 1.04. The van der Waals surface area contributed by atoms with Gasteiger partial charge in [-0.05, 0) is 32.0 Å². The highest BCUT2D eigenvalue weighted by Crippen LogP contribution is 2.26. The molecule has 0 spiro atoms. The Morgan fingerprint density at radius 1 is 1.43 bits per heavy atom. The zero-order valence-electron chi connectivity index (χ0n) is 11.8. The van der Waals surface area contributed by atoms with Gasteiger partial charge < -0.3 is 11.1 Å². The lowest BCUT2D eigenvalue weighted by Crippen LogP contribution is -2.26. The van der Waals surface area contributed by atoms with E-state index in [1.165, 1.54) is 0 Å². The first kappa shape index (κ1) is 16.1. The highest BCUT2D eigenvalue weighted by molar-refractivity contribution is 9.10. The van der Waals surface area contributed by atoms with Gasteiger partial charge in [-0.2, -0.15) is 0 Å². The molecule has 0 saturated heterocycles. The number of nitrogens with two attached hydrogens (primary N) is 1. The van der Waals surface area contributed by atoms with Gasteiger partial charge in [-0.1, -0.05) is 28.1 Å². The van der Waals surface area contributed by atoms with Crippen LogP contribution in [0.3, 0.4) is 0 Å². The Labute approximate surface area is 136 Å². The lowest BCUT2D eigenvalue weighted by atomic mass is 10.2. The van der Waals surface area contributed by atoms with E-state index < -0.39 is 0 Å². The van der Waals surface area contributed by atoms with Gasteiger partial charge in [0.15, 0.2) is 0 Å². The van der Waals surface area contributed by atoms with Crippen molar-refractivity contribution in [3.63, 3.8) is 0 Å². The summed E-state index contributed by atoms with van der Waals surface area (Å²) in [5.41, 5.74) is 7.41. The third-order valence-electron chi connectivity index (χ3n) is 3.02. The van der Waals surface area contributed by atoms with E-state index in [2.05, 4.69) is 26.2 Å². The zero-order chi connectivity index (χ0) is 15.2. The molecule has 0 aliphatic heterocycles. The van der Waals surface area contributed by atoms with Crippen molar-refractivity contribution in [2.24, 2.45) is 5.73 Å². The Morgan fingerprint density at radius 3 is 2.81 bits per heavy atom. The van der Waals surface area contributed by atoms with E-state index >= 15 is 0 Å². The number of rotatable bonds is 6. The molecule has 1 unspecified atom stereocenters. The van der Waals surface area contributed by atoms with Crippen LogP contribution < -0.4 is 11.1 Å². The predicted octanol–water partition coefficient (Wildman–Crippen LogP) is 3.49. The Bertz CT molecular complexity index is 597. The predicted molar refractivity (Wildman–Crippen MR) is 90.1 cm³/mol. The quantitative estimate of drug-likeness (QED) is 0.820. The average molecular weight is 368 g/mol. The fourth-order valence-corrected chi connectivity index (χ4v) is 2.98. The highest BCUT2D eigenvalue weighted by atomic mass is 79.9. The van der Waals surface area contributed by atoms with Crippen LogP contribution in [0.4, 0.5) is 0 Å². The van der Waals surface area contributed by atoms with E-state index in [1.807, 2.05) is 36.6 Å². The van der Waals surface area contributed by atoms with Crippen molar-refractivity contribution >= 4 is 33.2 Å². The number of hydrogen-bond donors (Lipinski definition) is 2. The fraction of sp³-hybridized carbons (Fsp3) is 0.333.